The third kappa shape index (κ3) is 69.8. The Labute approximate surface area is 118 Å². The zero-order valence-electron chi connectivity index (χ0n) is 8.91. The van der Waals surface area contributed by atoms with Crippen molar-refractivity contribution >= 4 is 23.3 Å². The molecular weight excluding hydrogens is 251 g/mol. The van der Waals surface area contributed by atoms with Gasteiger partial charge in [-0.25, -0.2) is 13.8 Å². The number of rotatable bonds is 2. The summed E-state index contributed by atoms with van der Waals surface area (Å²) in [6.07, 6.45) is 1.94. The van der Waals surface area contributed by atoms with Crippen LogP contribution in [0.3, 0.4) is 0 Å². The van der Waals surface area contributed by atoms with Gasteiger partial charge in [-0.2, -0.15) is 0 Å². The molecular formula is C7H11NaO7S. The Hall–Kier alpha value is -0.510. The van der Waals surface area contributed by atoms with Crippen molar-refractivity contribution in [3.8, 4) is 0 Å². The van der Waals surface area contributed by atoms with Gasteiger partial charge in [0.1, 0.15) is 0 Å². The van der Waals surface area contributed by atoms with E-state index in [4.69, 9.17) is 18.4 Å². The Bertz CT molecular complexity index is 237. The van der Waals surface area contributed by atoms with Gasteiger partial charge in [0.2, 0.25) is 0 Å². The van der Waals surface area contributed by atoms with Crippen molar-refractivity contribution in [2.75, 3.05) is 7.11 Å². The summed E-state index contributed by atoms with van der Waals surface area (Å²) in [5.74, 6) is -1.37. The molecule has 16 heavy (non-hydrogen) atoms. The number of hydrogen-bond acceptors (Lipinski definition) is 5. The van der Waals surface area contributed by atoms with Crippen LogP contribution in [0.2, 0.25) is 0 Å². The molecule has 88 valence electrons. The smallest absolute Gasteiger partial charge is 0.750 e. The fraction of sp³-hybridized carbons (Fsp3) is 0.143. The molecule has 0 saturated carbocycles. The van der Waals surface area contributed by atoms with Crippen LogP contribution in [-0.2, 0) is 25.7 Å². The molecule has 0 aliphatic rings. The molecule has 2 N–H and O–H groups in total. The quantitative estimate of drug-likeness (QED) is 0.234. The Balaban J connectivity index is -0.0000000668. The number of carboxylic acids is 1. The number of carbonyl (C=O) groups excluding carboxylic acids is 1. The molecule has 9 heteroatoms. The van der Waals surface area contributed by atoms with Gasteiger partial charge in [-0.15, -0.1) is 0 Å². The number of aliphatic carboxylic acids is 1. The summed E-state index contributed by atoms with van der Waals surface area (Å²) in [5.41, 5.74) is 0. The first-order valence-electron chi connectivity index (χ1n) is 3.15. The van der Waals surface area contributed by atoms with Gasteiger partial charge in [-0.3, -0.25) is 0 Å². The molecule has 1 atom stereocenters. The van der Waals surface area contributed by atoms with E-state index in [-0.39, 0.29) is 29.6 Å². The van der Waals surface area contributed by atoms with Crippen LogP contribution < -0.4 is 29.6 Å². The van der Waals surface area contributed by atoms with Crippen molar-refractivity contribution in [1.29, 1.82) is 0 Å². The zero-order chi connectivity index (χ0) is 12.9. The van der Waals surface area contributed by atoms with Crippen LogP contribution in [0.1, 0.15) is 0 Å². The molecule has 0 aliphatic heterocycles. The van der Waals surface area contributed by atoms with E-state index in [1.165, 1.54) is 7.11 Å². The minimum atomic E-state index is -2.86. The van der Waals surface area contributed by atoms with Crippen LogP contribution in [0.25, 0.3) is 0 Å². The van der Waals surface area contributed by atoms with Crippen molar-refractivity contribution in [3.63, 3.8) is 0 Å². The van der Waals surface area contributed by atoms with Gasteiger partial charge in [0.15, 0.2) is 0 Å². The topological polar surface area (TPSA) is 124 Å². The van der Waals surface area contributed by atoms with Gasteiger partial charge >= 0.3 is 41.5 Å². The summed E-state index contributed by atoms with van der Waals surface area (Å²) in [6.45, 7) is 6.12. The maximum atomic E-state index is 9.84. The van der Waals surface area contributed by atoms with Gasteiger partial charge in [-0.05, 0) is 0 Å². The molecule has 0 radical (unpaired) electrons. The van der Waals surface area contributed by atoms with Crippen molar-refractivity contribution in [2.45, 2.75) is 0 Å². The largest absolute Gasteiger partial charge is 1.00 e. The first kappa shape index (κ1) is 24.6. The van der Waals surface area contributed by atoms with E-state index in [0.29, 0.717) is 0 Å². The van der Waals surface area contributed by atoms with E-state index in [0.717, 1.165) is 12.2 Å². The van der Waals surface area contributed by atoms with Crippen molar-refractivity contribution < 1.29 is 62.3 Å². The average molecular weight is 262 g/mol. The first-order chi connectivity index (χ1) is 6.81. The van der Waals surface area contributed by atoms with Crippen molar-refractivity contribution in [2.24, 2.45) is 0 Å². The number of carbonyl (C=O) groups is 2. The second-order valence-electron chi connectivity index (χ2n) is 1.49. The maximum Gasteiger partial charge on any atom is 1.00 e. The second-order valence-corrected chi connectivity index (χ2v) is 1.92. The van der Waals surface area contributed by atoms with Gasteiger partial charge < -0.3 is 18.9 Å². The Morgan fingerprint density at radius 1 is 1.38 bits per heavy atom. The fourth-order valence-corrected chi connectivity index (χ4v) is 0.0833. The Kier molecular flexibility index (Phi) is 30.8. The standard InChI is InChI=1S/C4H6O2.C3H4O2.Na.H2O3S/c1-3-4(5)6-2;1-2-3(4)5;;1-4(2)3/h3H,1H2,2H3;2H,1H2,(H,4,5);;(H2,1,2,3)/q;;+1;/p-1. The van der Waals surface area contributed by atoms with E-state index in [2.05, 4.69) is 17.9 Å². The van der Waals surface area contributed by atoms with Gasteiger partial charge in [0.05, 0.1) is 18.5 Å². The number of methoxy groups -OCH3 is 1. The molecule has 0 spiro atoms. The third-order valence-corrected chi connectivity index (χ3v) is 0.542. The molecule has 0 aromatic rings. The van der Waals surface area contributed by atoms with E-state index in [1.807, 2.05) is 0 Å². The van der Waals surface area contributed by atoms with Gasteiger partial charge in [0, 0.05) is 12.2 Å². The summed E-state index contributed by atoms with van der Waals surface area (Å²) < 4.78 is 28.2. The molecule has 0 bridgehead atoms. The zero-order valence-corrected chi connectivity index (χ0v) is 11.7. The molecule has 0 rings (SSSR count). The van der Waals surface area contributed by atoms with Crippen LogP contribution in [0.4, 0.5) is 0 Å². The molecule has 0 amide bonds. The molecule has 7 nitrogen and oxygen atoms in total. The van der Waals surface area contributed by atoms with Gasteiger partial charge in [0.25, 0.3) is 0 Å². The summed E-state index contributed by atoms with van der Waals surface area (Å²) in [4.78, 5) is 19.1. The Morgan fingerprint density at radius 2 is 1.62 bits per heavy atom. The van der Waals surface area contributed by atoms with Crippen LogP contribution >= 0.6 is 0 Å². The van der Waals surface area contributed by atoms with Crippen molar-refractivity contribution in [1.82, 2.24) is 0 Å². The normalized spacial score (nSPS) is 8.44. The van der Waals surface area contributed by atoms with E-state index in [1.54, 1.807) is 0 Å². The molecule has 0 saturated heterocycles. The first-order valence-corrected chi connectivity index (χ1v) is 4.19. The molecule has 0 fully saturated rings. The van der Waals surface area contributed by atoms with Crippen LogP contribution in [0.5, 0.6) is 0 Å². The predicted octanol–water partition coefficient (Wildman–Crippen LogP) is -3.06. The minimum Gasteiger partial charge on any atom is -0.750 e. The van der Waals surface area contributed by atoms with E-state index < -0.39 is 23.3 Å². The SMILES string of the molecule is C=CC(=O)O.C=CC(=O)OC.O=S([O-])O.[Na+]. The predicted molar refractivity (Wildman–Crippen MR) is 51.6 cm³/mol. The van der Waals surface area contributed by atoms with Gasteiger partial charge in [-0.1, -0.05) is 13.2 Å². The van der Waals surface area contributed by atoms with Crippen molar-refractivity contribution in [3.05, 3.63) is 25.3 Å². The summed E-state index contributed by atoms with van der Waals surface area (Å²) in [5, 5.41) is 7.60. The molecule has 0 aromatic heterocycles. The fourth-order valence-electron chi connectivity index (χ4n) is 0.0833. The summed E-state index contributed by atoms with van der Waals surface area (Å²) in [7, 11) is 1.31. The molecule has 0 aromatic carbocycles. The van der Waals surface area contributed by atoms with E-state index >= 15 is 0 Å². The monoisotopic (exact) mass is 262 g/mol. The third-order valence-electron chi connectivity index (χ3n) is 0.542. The number of ether oxygens (including phenoxy) is 1. The van der Waals surface area contributed by atoms with Crippen LogP contribution in [0, 0.1) is 0 Å². The minimum absolute atomic E-state index is 0. The average Bonchev–Trinajstić information content (AvgIpc) is 2.16. The molecule has 0 aliphatic carbocycles. The summed E-state index contributed by atoms with van der Waals surface area (Å²) >= 11 is -2.86. The Morgan fingerprint density at radius 3 is 1.62 bits per heavy atom. The van der Waals surface area contributed by atoms with Crippen LogP contribution in [-0.4, -0.2) is 37.5 Å². The molecule has 0 heterocycles. The molecule has 1 unspecified atom stereocenters. The second kappa shape index (κ2) is 20.0. The number of carboxylic acid groups (broad SMARTS) is 1. The maximum absolute atomic E-state index is 9.84. The summed E-state index contributed by atoms with van der Waals surface area (Å²) in [6, 6.07) is 0. The number of hydrogen-bond donors (Lipinski definition) is 2. The van der Waals surface area contributed by atoms with E-state index in [9.17, 15) is 9.59 Å². The van der Waals surface area contributed by atoms with Crippen LogP contribution in [0.15, 0.2) is 25.3 Å². The number of esters is 1.